The Morgan fingerprint density at radius 1 is 0.961 bits per heavy atom. The van der Waals surface area contributed by atoms with Crippen LogP contribution >= 0.6 is 34.7 Å². The van der Waals surface area contributed by atoms with E-state index in [9.17, 15) is 20.1 Å². The van der Waals surface area contributed by atoms with E-state index in [1.165, 1.54) is 29.5 Å². The predicted molar refractivity (Wildman–Crippen MR) is 204 cm³/mol. The van der Waals surface area contributed by atoms with Gasteiger partial charge in [-0.2, -0.15) is 10.5 Å². The van der Waals surface area contributed by atoms with E-state index in [-0.39, 0.29) is 36.7 Å². The van der Waals surface area contributed by atoms with Gasteiger partial charge in [0, 0.05) is 27.3 Å². The van der Waals surface area contributed by atoms with Crippen LogP contribution in [0.1, 0.15) is 71.7 Å². The Balaban J connectivity index is 0.00000171. The highest BCUT2D eigenvalue weighted by molar-refractivity contribution is 7.98. The summed E-state index contributed by atoms with van der Waals surface area (Å²) in [5, 5.41) is 26.1. The minimum atomic E-state index is -0.718. The quantitative estimate of drug-likeness (QED) is 0.0850. The predicted octanol–water partition coefficient (Wildman–Crippen LogP) is 9.03. The number of rotatable bonds is 11. The Morgan fingerprint density at radius 3 is 2.16 bits per heavy atom. The second-order valence-corrected chi connectivity index (χ2v) is 13.5. The lowest BCUT2D eigenvalue weighted by Gasteiger charge is -2.19. The van der Waals surface area contributed by atoms with Crippen molar-refractivity contribution in [2.75, 3.05) is 25.5 Å². The normalized spacial score (nSPS) is 10.2. The lowest BCUT2D eigenvalue weighted by atomic mass is 9.97. The van der Waals surface area contributed by atoms with E-state index in [2.05, 4.69) is 36.3 Å². The molecule has 0 aliphatic carbocycles. The van der Waals surface area contributed by atoms with Crippen LogP contribution in [0.2, 0.25) is 5.02 Å². The molecule has 0 atom stereocenters. The Kier molecular flexibility index (Phi) is 17.8. The third-order valence-electron chi connectivity index (χ3n) is 5.95. The zero-order valence-electron chi connectivity index (χ0n) is 29.8. The number of hydrogen-bond donors (Lipinski definition) is 2. The van der Waals surface area contributed by atoms with Crippen LogP contribution in [-0.4, -0.2) is 47.4 Å². The number of alkyl carbamates (subject to hydrolysis) is 1. The fourth-order valence-electron chi connectivity index (χ4n) is 3.97. The highest BCUT2D eigenvalue weighted by Gasteiger charge is 2.21. The topological polar surface area (TPSA) is 173 Å². The Morgan fingerprint density at radius 2 is 1.57 bits per heavy atom. The molecule has 2 heterocycles. The summed E-state index contributed by atoms with van der Waals surface area (Å²) in [5.41, 5.74) is 8.53. The van der Waals surface area contributed by atoms with Gasteiger partial charge in [0.25, 0.3) is 0 Å². The van der Waals surface area contributed by atoms with Crippen LogP contribution in [0.15, 0.2) is 58.9 Å². The standard InChI is InChI=1S/C32H29ClN6O5S2.C3H8.C2H6/c1-32(2,3)44-31(41)37-16-26(40)43-13-12-42-23-10-6-19(7-11-23)27-24(14-34)28(36)39-30(25(27)15-35)46-18-22-17-45-29(38-22)20-4-8-21(33)9-5-20;1-3-2;1-2/h4-11,17H,12-13,16,18H2,1-3H3,(H2,36,39)(H,37,41);3H2,1-2H3;1-2H3. The first-order valence-electron chi connectivity index (χ1n) is 16.2. The highest BCUT2D eigenvalue weighted by Crippen LogP contribution is 2.37. The van der Waals surface area contributed by atoms with Crippen molar-refractivity contribution < 1.29 is 23.8 Å². The smallest absolute Gasteiger partial charge is 0.408 e. The molecule has 1 amide bonds. The number of thiazole rings is 1. The number of nitrogens with two attached hydrogens (primary N) is 1. The molecule has 2 aromatic carbocycles. The molecule has 4 aromatic rings. The number of nitrogens with one attached hydrogen (secondary N) is 1. The minimum Gasteiger partial charge on any atom is -0.490 e. The molecule has 4 rings (SSSR count). The van der Waals surface area contributed by atoms with Crippen molar-refractivity contribution in [1.82, 2.24) is 15.3 Å². The zero-order chi connectivity index (χ0) is 38.0. The van der Waals surface area contributed by atoms with Crippen molar-refractivity contribution in [1.29, 1.82) is 10.5 Å². The van der Waals surface area contributed by atoms with E-state index in [0.717, 1.165) is 16.3 Å². The van der Waals surface area contributed by atoms with E-state index in [1.54, 1.807) is 45.0 Å². The molecule has 51 heavy (non-hydrogen) atoms. The Hall–Kier alpha value is -4.82. The lowest BCUT2D eigenvalue weighted by molar-refractivity contribution is -0.143. The third-order valence-corrected chi connectivity index (χ3v) is 8.15. The molecule has 0 fully saturated rings. The van der Waals surface area contributed by atoms with Crippen molar-refractivity contribution in [2.24, 2.45) is 0 Å². The van der Waals surface area contributed by atoms with Gasteiger partial charge in [0.15, 0.2) is 0 Å². The van der Waals surface area contributed by atoms with E-state index in [1.807, 2.05) is 43.5 Å². The molecule has 0 unspecified atom stereocenters. The van der Waals surface area contributed by atoms with Gasteiger partial charge in [-0.3, -0.25) is 4.79 Å². The number of esters is 1. The molecule has 14 heteroatoms. The monoisotopic (exact) mass is 750 g/mol. The molecule has 11 nitrogen and oxygen atoms in total. The van der Waals surface area contributed by atoms with E-state index >= 15 is 0 Å². The summed E-state index contributed by atoms with van der Waals surface area (Å²) >= 11 is 8.80. The van der Waals surface area contributed by atoms with Crippen LogP contribution in [0, 0.1) is 22.7 Å². The molecule has 0 aliphatic heterocycles. The molecule has 0 saturated heterocycles. The van der Waals surface area contributed by atoms with Crippen LogP contribution in [0.4, 0.5) is 10.6 Å². The molecule has 0 radical (unpaired) electrons. The second-order valence-electron chi connectivity index (χ2n) is 11.2. The average molecular weight is 751 g/mol. The van der Waals surface area contributed by atoms with Crippen LogP contribution in [0.5, 0.6) is 5.75 Å². The van der Waals surface area contributed by atoms with Gasteiger partial charge in [0.2, 0.25) is 0 Å². The van der Waals surface area contributed by atoms with Gasteiger partial charge < -0.3 is 25.3 Å². The number of carbonyl (C=O) groups is 2. The molecule has 2 aromatic heterocycles. The number of anilines is 1. The van der Waals surface area contributed by atoms with Crippen LogP contribution in [0.25, 0.3) is 21.7 Å². The van der Waals surface area contributed by atoms with E-state index < -0.39 is 17.7 Å². The van der Waals surface area contributed by atoms with Gasteiger partial charge in [-0.1, -0.05) is 81.7 Å². The van der Waals surface area contributed by atoms with Gasteiger partial charge >= 0.3 is 12.1 Å². The lowest BCUT2D eigenvalue weighted by Crippen LogP contribution is -2.36. The number of carbonyl (C=O) groups excluding carboxylic acids is 2. The number of ether oxygens (including phenoxy) is 3. The van der Waals surface area contributed by atoms with Gasteiger partial charge in [0.05, 0.1) is 11.3 Å². The van der Waals surface area contributed by atoms with Crippen molar-refractivity contribution >= 4 is 52.6 Å². The summed E-state index contributed by atoms with van der Waals surface area (Å²) in [6.07, 6.45) is 0.532. The molecular weight excluding hydrogens is 708 g/mol. The number of nitrogens with zero attached hydrogens (tertiary/aromatic N) is 4. The summed E-state index contributed by atoms with van der Waals surface area (Å²) in [6, 6.07) is 18.4. The maximum Gasteiger partial charge on any atom is 0.408 e. The largest absolute Gasteiger partial charge is 0.490 e. The molecule has 0 saturated carbocycles. The van der Waals surface area contributed by atoms with Gasteiger partial charge in [-0.15, -0.1) is 11.3 Å². The number of nitriles is 2. The zero-order valence-corrected chi connectivity index (χ0v) is 32.2. The maximum atomic E-state index is 11.9. The van der Waals surface area contributed by atoms with E-state index in [0.29, 0.717) is 32.7 Å². The first-order chi connectivity index (χ1) is 24.4. The van der Waals surface area contributed by atoms with Crippen LogP contribution in [0.3, 0.4) is 0 Å². The highest BCUT2D eigenvalue weighted by atomic mass is 35.5. The first kappa shape index (κ1) is 42.3. The fraction of sp³-hybridized carbons (Fsp3) is 0.351. The van der Waals surface area contributed by atoms with Crippen molar-refractivity contribution in [3.05, 3.63) is 75.8 Å². The molecule has 270 valence electrons. The number of halogens is 1. The van der Waals surface area contributed by atoms with Gasteiger partial charge in [-0.25, -0.2) is 14.8 Å². The number of aromatic nitrogens is 2. The summed E-state index contributed by atoms with van der Waals surface area (Å²) in [7, 11) is 0. The number of pyridine rings is 1. The summed E-state index contributed by atoms with van der Waals surface area (Å²) in [6.45, 7) is 13.1. The SMILES string of the molecule is CC.CC(C)(C)OC(=O)NCC(=O)OCCOc1ccc(-c2c(C#N)c(N)nc(SCc3csc(-c4ccc(Cl)cc4)n3)c2C#N)cc1.CCC. The Labute approximate surface area is 313 Å². The van der Waals surface area contributed by atoms with E-state index in [4.69, 9.17) is 36.5 Å². The minimum absolute atomic E-state index is 0.0161. The summed E-state index contributed by atoms with van der Waals surface area (Å²) in [5.74, 6) is 0.284. The second kappa shape index (κ2) is 21.4. The van der Waals surface area contributed by atoms with Crippen molar-refractivity contribution in [3.8, 4) is 39.6 Å². The fourth-order valence-corrected chi connectivity index (χ4v) is 5.92. The van der Waals surface area contributed by atoms with Gasteiger partial charge in [-0.05, 0) is 50.6 Å². The number of amides is 1. The third kappa shape index (κ3) is 13.8. The summed E-state index contributed by atoms with van der Waals surface area (Å²) in [4.78, 5) is 32.6. The first-order valence-corrected chi connectivity index (χ1v) is 18.5. The van der Waals surface area contributed by atoms with Gasteiger partial charge in [0.1, 0.15) is 64.7 Å². The van der Waals surface area contributed by atoms with Crippen molar-refractivity contribution in [3.63, 3.8) is 0 Å². The van der Waals surface area contributed by atoms with Crippen molar-refractivity contribution in [2.45, 2.75) is 71.3 Å². The molecule has 3 N–H and O–H groups in total. The number of thioether (sulfide) groups is 1. The number of nitrogen functional groups attached to an aromatic ring is 1. The molecule has 0 bridgehead atoms. The summed E-state index contributed by atoms with van der Waals surface area (Å²) < 4.78 is 15.8. The Bertz CT molecular complexity index is 1810. The molecule has 0 spiro atoms. The number of benzene rings is 2. The van der Waals surface area contributed by atoms with Crippen LogP contribution in [-0.2, 0) is 20.0 Å². The molecular formula is C37H43ClN6O5S2. The van der Waals surface area contributed by atoms with Crippen LogP contribution < -0.4 is 15.8 Å². The number of hydrogen-bond acceptors (Lipinski definition) is 12. The maximum absolute atomic E-state index is 11.9. The average Bonchev–Trinajstić information content (AvgIpc) is 3.58. The molecule has 0 aliphatic rings.